The lowest BCUT2D eigenvalue weighted by Crippen LogP contribution is -2.48. The highest BCUT2D eigenvalue weighted by molar-refractivity contribution is 5.90. The van der Waals surface area contributed by atoms with E-state index >= 15 is 0 Å². The molecule has 140 valence electrons. The maximum atomic E-state index is 12.9. The van der Waals surface area contributed by atoms with Crippen LogP contribution in [0.1, 0.15) is 31.2 Å². The number of benzene rings is 1. The van der Waals surface area contributed by atoms with Gasteiger partial charge in [-0.1, -0.05) is 30.3 Å². The summed E-state index contributed by atoms with van der Waals surface area (Å²) < 4.78 is 0. The molecule has 1 N–H and O–H groups in total. The number of hydrogen-bond acceptors (Lipinski definition) is 3. The topological polar surface area (TPSA) is 77.9 Å². The Kier molecular flexibility index (Phi) is 5.30. The summed E-state index contributed by atoms with van der Waals surface area (Å²) in [4.78, 5) is 39.7. The van der Waals surface area contributed by atoms with Gasteiger partial charge in [-0.05, 0) is 37.7 Å². The summed E-state index contributed by atoms with van der Waals surface area (Å²) in [7, 11) is 1.67. The zero-order valence-corrected chi connectivity index (χ0v) is 15.2. The van der Waals surface area contributed by atoms with E-state index in [9.17, 15) is 14.4 Å². The first-order valence-corrected chi connectivity index (χ1v) is 9.21. The van der Waals surface area contributed by atoms with Gasteiger partial charge in [0.05, 0.1) is 17.9 Å². The molecule has 2 amide bonds. The zero-order chi connectivity index (χ0) is 18.7. The van der Waals surface area contributed by atoms with Crippen molar-refractivity contribution in [3.8, 4) is 0 Å². The van der Waals surface area contributed by atoms with Crippen molar-refractivity contribution < 1.29 is 19.5 Å². The van der Waals surface area contributed by atoms with Crippen LogP contribution in [-0.4, -0.2) is 59.4 Å². The Morgan fingerprint density at radius 3 is 2.54 bits per heavy atom. The number of likely N-dealkylation sites (N-methyl/N-ethyl adjacent to an activating group) is 1. The summed E-state index contributed by atoms with van der Waals surface area (Å²) in [5, 5.41) is 9.16. The molecule has 1 atom stereocenters. The van der Waals surface area contributed by atoms with Gasteiger partial charge in [0.15, 0.2) is 0 Å². The Labute approximate surface area is 153 Å². The van der Waals surface area contributed by atoms with Crippen molar-refractivity contribution in [2.45, 2.75) is 32.1 Å². The van der Waals surface area contributed by atoms with E-state index in [0.29, 0.717) is 25.8 Å². The zero-order valence-electron chi connectivity index (χ0n) is 15.2. The standard InChI is InChI=1S/C20H26N2O4/c1-21(14-17(23)22-11-5-8-16(13-22)18(24)25)19(26)20(9-10-20)12-15-6-3-2-4-7-15/h2-4,6-7,16H,5,8-14H2,1H3,(H,24,25). The van der Waals surface area contributed by atoms with Crippen LogP contribution in [0.5, 0.6) is 0 Å². The molecule has 26 heavy (non-hydrogen) atoms. The monoisotopic (exact) mass is 358 g/mol. The third-order valence-electron chi connectivity index (χ3n) is 5.54. The molecule has 2 aliphatic rings. The van der Waals surface area contributed by atoms with Crippen LogP contribution < -0.4 is 0 Å². The van der Waals surface area contributed by atoms with Gasteiger partial charge in [-0.15, -0.1) is 0 Å². The molecular weight excluding hydrogens is 332 g/mol. The molecule has 1 unspecified atom stereocenters. The summed E-state index contributed by atoms with van der Waals surface area (Å²) in [6, 6.07) is 9.95. The Balaban J connectivity index is 1.57. The van der Waals surface area contributed by atoms with E-state index in [4.69, 9.17) is 5.11 Å². The Morgan fingerprint density at radius 1 is 1.23 bits per heavy atom. The van der Waals surface area contributed by atoms with E-state index in [-0.39, 0.29) is 30.3 Å². The summed E-state index contributed by atoms with van der Waals surface area (Å²) in [6.45, 7) is 0.826. The van der Waals surface area contributed by atoms with Crippen LogP contribution in [0, 0.1) is 11.3 Å². The van der Waals surface area contributed by atoms with Crippen molar-refractivity contribution in [3.05, 3.63) is 35.9 Å². The average Bonchev–Trinajstić information content (AvgIpc) is 3.42. The van der Waals surface area contributed by atoms with Crippen molar-refractivity contribution >= 4 is 17.8 Å². The molecule has 1 aromatic rings. The molecule has 1 aliphatic heterocycles. The molecule has 0 bridgehead atoms. The summed E-state index contributed by atoms with van der Waals surface area (Å²) in [5.41, 5.74) is 0.764. The van der Waals surface area contributed by atoms with Gasteiger partial charge in [-0.3, -0.25) is 14.4 Å². The van der Waals surface area contributed by atoms with Crippen LogP contribution in [0.25, 0.3) is 0 Å². The quantitative estimate of drug-likeness (QED) is 0.841. The van der Waals surface area contributed by atoms with Crippen LogP contribution in [0.15, 0.2) is 30.3 Å². The first-order valence-electron chi connectivity index (χ1n) is 9.21. The molecule has 1 heterocycles. The molecule has 1 aromatic carbocycles. The summed E-state index contributed by atoms with van der Waals surface area (Å²) in [6.07, 6.45) is 3.70. The molecule has 0 radical (unpaired) electrons. The smallest absolute Gasteiger partial charge is 0.308 e. The predicted molar refractivity (Wildman–Crippen MR) is 96.4 cm³/mol. The molecule has 1 saturated heterocycles. The van der Waals surface area contributed by atoms with E-state index in [1.807, 2.05) is 30.3 Å². The van der Waals surface area contributed by atoms with Crippen LogP contribution in [-0.2, 0) is 20.8 Å². The highest BCUT2D eigenvalue weighted by Crippen LogP contribution is 2.49. The lowest BCUT2D eigenvalue weighted by molar-refractivity contribution is -0.148. The third-order valence-corrected chi connectivity index (χ3v) is 5.54. The van der Waals surface area contributed by atoms with Gasteiger partial charge in [0.1, 0.15) is 0 Å². The second kappa shape index (κ2) is 7.48. The van der Waals surface area contributed by atoms with Crippen molar-refractivity contribution in [1.29, 1.82) is 0 Å². The summed E-state index contributed by atoms with van der Waals surface area (Å²) >= 11 is 0. The number of rotatable bonds is 6. The number of carboxylic acids is 1. The Bertz CT molecular complexity index is 684. The molecule has 1 saturated carbocycles. The summed E-state index contributed by atoms with van der Waals surface area (Å²) in [5.74, 6) is -1.50. The van der Waals surface area contributed by atoms with Crippen molar-refractivity contribution in [2.24, 2.45) is 11.3 Å². The number of hydrogen-bond donors (Lipinski definition) is 1. The number of amides is 2. The van der Waals surface area contributed by atoms with Crippen molar-refractivity contribution in [2.75, 3.05) is 26.7 Å². The molecule has 1 aliphatic carbocycles. The van der Waals surface area contributed by atoms with Crippen LogP contribution in [0.2, 0.25) is 0 Å². The van der Waals surface area contributed by atoms with E-state index in [1.165, 1.54) is 4.90 Å². The maximum Gasteiger partial charge on any atom is 0.308 e. The van der Waals surface area contributed by atoms with Crippen molar-refractivity contribution in [1.82, 2.24) is 9.80 Å². The lowest BCUT2D eigenvalue weighted by Gasteiger charge is -2.32. The van der Waals surface area contributed by atoms with Gasteiger partial charge in [0.2, 0.25) is 11.8 Å². The van der Waals surface area contributed by atoms with Gasteiger partial charge >= 0.3 is 5.97 Å². The molecule has 6 nitrogen and oxygen atoms in total. The van der Waals surface area contributed by atoms with Gasteiger partial charge in [0.25, 0.3) is 0 Å². The Hall–Kier alpha value is -2.37. The van der Waals surface area contributed by atoms with Gasteiger partial charge in [-0.25, -0.2) is 0 Å². The van der Waals surface area contributed by atoms with E-state index in [1.54, 1.807) is 11.9 Å². The number of carboxylic acid groups (broad SMARTS) is 1. The molecule has 6 heteroatoms. The fraction of sp³-hybridized carbons (Fsp3) is 0.550. The third kappa shape index (κ3) is 4.06. The minimum Gasteiger partial charge on any atom is -0.481 e. The number of aliphatic carboxylic acids is 1. The fourth-order valence-corrected chi connectivity index (χ4v) is 3.79. The van der Waals surface area contributed by atoms with Gasteiger partial charge < -0.3 is 14.9 Å². The Morgan fingerprint density at radius 2 is 1.92 bits per heavy atom. The number of likely N-dealkylation sites (tertiary alicyclic amines) is 1. The normalized spacial score (nSPS) is 21.1. The lowest BCUT2D eigenvalue weighted by atomic mass is 9.95. The molecule has 0 spiro atoms. The van der Waals surface area contributed by atoms with E-state index < -0.39 is 11.9 Å². The highest BCUT2D eigenvalue weighted by atomic mass is 16.4. The van der Waals surface area contributed by atoms with Crippen LogP contribution in [0.4, 0.5) is 0 Å². The molecule has 2 fully saturated rings. The minimum absolute atomic E-state index is 0.0153. The largest absolute Gasteiger partial charge is 0.481 e. The number of nitrogens with zero attached hydrogens (tertiary/aromatic N) is 2. The highest BCUT2D eigenvalue weighted by Gasteiger charge is 2.51. The maximum absolute atomic E-state index is 12.9. The molecular formula is C20H26N2O4. The first kappa shape index (κ1) is 18.4. The SMILES string of the molecule is CN(CC(=O)N1CCCC(C(=O)O)C1)C(=O)C1(Cc2ccccc2)CC1. The van der Waals surface area contributed by atoms with Crippen molar-refractivity contribution in [3.63, 3.8) is 0 Å². The molecule has 0 aromatic heterocycles. The van der Waals surface area contributed by atoms with E-state index in [0.717, 1.165) is 18.4 Å². The second-order valence-corrected chi connectivity index (χ2v) is 7.62. The molecule has 3 rings (SSSR count). The number of carbonyl (C=O) groups excluding carboxylic acids is 2. The number of piperidine rings is 1. The van der Waals surface area contributed by atoms with Crippen LogP contribution in [0.3, 0.4) is 0 Å². The predicted octanol–water partition coefficient (Wildman–Crippen LogP) is 1.79. The second-order valence-electron chi connectivity index (χ2n) is 7.62. The average molecular weight is 358 g/mol. The van der Waals surface area contributed by atoms with Gasteiger partial charge in [0, 0.05) is 20.1 Å². The fourth-order valence-electron chi connectivity index (χ4n) is 3.79. The first-order chi connectivity index (χ1) is 12.4. The van der Waals surface area contributed by atoms with E-state index in [2.05, 4.69) is 0 Å². The minimum atomic E-state index is -0.855. The van der Waals surface area contributed by atoms with Crippen LogP contribution >= 0.6 is 0 Å². The number of carbonyl (C=O) groups is 3. The van der Waals surface area contributed by atoms with Gasteiger partial charge in [-0.2, -0.15) is 0 Å².